The Morgan fingerprint density at radius 2 is 1.83 bits per heavy atom. The summed E-state index contributed by atoms with van der Waals surface area (Å²) in [6, 6.07) is 5.80. The summed E-state index contributed by atoms with van der Waals surface area (Å²) in [6.45, 7) is 2.57. The first-order chi connectivity index (χ1) is 14.4. The lowest BCUT2D eigenvalue weighted by molar-refractivity contribution is -0.157. The molecule has 0 unspecified atom stereocenters. The van der Waals surface area contributed by atoms with Gasteiger partial charge in [-0.3, -0.25) is 14.5 Å². The van der Waals surface area contributed by atoms with E-state index < -0.39 is 23.5 Å². The number of hydrogen-bond donors (Lipinski definition) is 3. The Morgan fingerprint density at radius 1 is 1.17 bits per heavy atom. The van der Waals surface area contributed by atoms with E-state index in [-0.39, 0.29) is 32.1 Å². The topological polar surface area (TPSA) is 126 Å². The van der Waals surface area contributed by atoms with E-state index in [0.29, 0.717) is 32.1 Å². The highest BCUT2D eigenvalue weighted by Crippen LogP contribution is 2.19. The van der Waals surface area contributed by atoms with Gasteiger partial charge in [-0.1, -0.05) is 12.1 Å². The molecule has 0 saturated carbocycles. The van der Waals surface area contributed by atoms with Crippen molar-refractivity contribution in [2.45, 2.75) is 18.0 Å². The number of ether oxygens (including phenoxy) is 3. The Bertz CT molecular complexity index is 758. The lowest BCUT2D eigenvalue weighted by atomic mass is 9.94. The first kappa shape index (κ1) is 22.0. The fourth-order valence-corrected chi connectivity index (χ4v) is 3.33. The molecule has 2 saturated heterocycles. The number of carboxylic acids is 1. The molecule has 2 aliphatic rings. The second-order valence-corrected chi connectivity index (χ2v) is 7.43. The highest BCUT2D eigenvalue weighted by Gasteiger charge is 2.48. The van der Waals surface area contributed by atoms with Crippen LogP contribution in [0.15, 0.2) is 24.3 Å². The van der Waals surface area contributed by atoms with Gasteiger partial charge in [0.05, 0.1) is 40.1 Å². The highest BCUT2D eigenvalue weighted by molar-refractivity contribution is 5.95. The number of amides is 2. The molecule has 2 amide bonds. The maximum absolute atomic E-state index is 12.9. The third-order valence-electron chi connectivity index (χ3n) is 5.18. The molecule has 2 heterocycles. The van der Waals surface area contributed by atoms with Gasteiger partial charge in [0.25, 0.3) is 5.91 Å². The number of morpholine rings is 1. The molecule has 3 rings (SSSR count). The van der Waals surface area contributed by atoms with Gasteiger partial charge in [-0.05, 0) is 17.7 Å². The SMILES string of the molecule is COc1ccc(C[C@H](NC(=O)C2(NC(=O)CN3CCOCC3)COC2)C(=O)O)cc1. The van der Waals surface area contributed by atoms with E-state index in [9.17, 15) is 19.5 Å². The molecule has 1 atom stereocenters. The summed E-state index contributed by atoms with van der Waals surface area (Å²) in [5.41, 5.74) is -0.518. The molecule has 0 spiro atoms. The van der Waals surface area contributed by atoms with Crippen LogP contribution >= 0.6 is 0 Å². The summed E-state index contributed by atoms with van der Waals surface area (Å²) in [6.07, 6.45) is 0.101. The third-order valence-corrected chi connectivity index (χ3v) is 5.18. The minimum atomic E-state index is -1.25. The summed E-state index contributed by atoms with van der Waals surface area (Å²) < 4.78 is 15.5. The van der Waals surface area contributed by atoms with Gasteiger partial charge in [-0.15, -0.1) is 0 Å². The van der Waals surface area contributed by atoms with Crippen LogP contribution in [0.3, 0.4) is 0 Å². The number of nitrogens with zero attached hydrogens (tertiary/aromatic N) is 1. The number of nitrogens with one attached hydrogen (secondary N) is 2. The standard InChI is InChI=1S/C20H27N3O7/c1-28-15-4-2-14(3-5-15)10-16(18(25)26)21-19(27)20(12-30-13-20)22-17(24)11-23-6-8-29-9-7-23/h2-5,16H,6-13H2,1H3,(H,21,27)(H,22,24)(H,25,26)/t16-/m0/s1. The number of carboxylic acid groups (broad SMARTS) is 1. The predicted octanol–water partition coefficient (Wildman–Crippen LogP) is -0.975. The molecule has 0 radical (unpaired) electrons. The molecule has 0 bridgehead atoms. The summed E-state index contributed by atoms with van der Waals surface area (Å²) >= 11 is 0. The van der Waals surface area contributed by atoms with Gasteiger partial charge < -0.3 is 30.0 Å². The molecule has 2 aliphatic heterocycles. The monoisotopic (exact) mass is 421 g/mol. The van der Waals surface area contributed by atoms with E-state index in [1.165, 1.54) is 0 Å². The number of carbonyl (C=O) groups is 3. The Hall–Kier alpha value is -2.69. The van der Waals surface area contributed by atoms with Crippen LogP contribution in [0.5, 0.6) is 5.75 Å². The average Bonchev–Trinajstić information content (AvgIpc) is 2.71. The third kappa shape index (κ3) is 5.47. The van der Waals surface area contributed by atoms with E-state index >= 15 is 0 Å². The summed E-state index contributed by atoms with van der Waals surface area (Å²) in [5.74, 6) is -1.38. The van der Waals surface area contributed by atoms with E-state index in [0.717, 1.165) is 5.56 Å². The van der Waals surface area contributed by atoms with Crippen LogP contribution in [0.2, 0.25) is 0 Å². The zero-order valence-corrected chi connectivity index (χ0v) is 16.9. The average molecular weight is 421 g/mol. The number of methoxy groups -OCH3 is 1. The van der Waals surface area contributed by atoms with Crippen LogP contribution in [0.4, 0.5) is 0 Å². The van der Waals surface area contributed by atoms with Crippen LogP contribution in [-0.2, 0) is 30.3 Å². The van der Waals surface area contributed by atoms with E-state index in [2.05, 4.69) is 10.6 Å². The van der Waals surface area contributed by atoms with Gasteiger partial charge in [0.15, 0.2) is 5.54 Å². The Balaban J connectivity index is 1.59. The number of rotatable bonds is 9. The Morgan fingerprint density at radius 3 is 2.37 bits per heavy atom. The molecule has 0 aromatic heterocycles. The van der Waals surface area contributed by atoms with Crippen molar-refractivity contribution >= 4 is 17.8 Å². The van der Waals surface area contributed by atoms with Crippen molar-refractivity contribution in [3.8, 4) is 5.75 Å². The van der Waals surface area contributed by atoms with Crippen LogP contribution in [-0.4, -0.2) is 92.5 Å². The van der Waals surface area contributed by atoms with Crippen LogP contribution in [0, 0.1) is 0 Å². The van der Waals surface area contributed by atoms with E-state index in [1.807, 2.05) is 4.90 Å². The largest absolute Gasteiger partial charge is 0.497 e. The van der Waals surface area contributed by atoms with Crippen molar-refractivity contribution in [3.05, 3.63) is 29.8 Å². The van der Waals surface area contributed by atoms with E-state index in [1.54, 1.807) is 31.4 Å². The molecule has 10 heteroatoms. The van der Waals surface area contributed by atoms with Gasteiger partial charge >= 0.3 is 5.97 Å². The van der Waals surface area contributed by atoms with Gasteiger partial charge in [0, 0.05) is 19.5 Å². The molecule has 1 aromatic carbocycles. The van der Waals surface area contributed by atoms with Crippen LogP contribution in [0.25, 0.3) is 0 Å². The molecule has 1 aromatic rings. The predicted molar refractivity (Wildman–Crippen MR) is 105 cm³/mol. The summed E-state index contributed by atoms with van der Waals surface area (Å²) in [5, 5.41) is 14.8. The van der Waals surface area contributed by atoms with Crippen molar-refractivity contribution in [2.24, 2.45) is 0 Å². The summed E-state index contributed by atoms with van der Waals surface area (Å²) in [7, 11) is 1.54. The molecular weight excluding hydrogens is 394 g/mol. The number of hydrogen-bond acceptors (Lipinski definition) is 7. The van der Waals surface area contributed by atoms with Crippen molar-refractivity contribution < 1.29 is 33.7 Å². The zero-order valence-electron chi connectivity index (χ0n) is 16.9. The lowest BCUT2D eigenvalue weighted by Crippen LogP contribution is -2.72. The Kier molecular flexibility index (Phi) is 7.24. The van der Waals surface area contributed by atoms with Crippen molar-refractivity contribution in [1.29, 1.82) is 0 Å². The van der Waals surface area contributed by atoms with Crippen LogP contribution < -0.4 is 15.4 Å². The van der Waals surface area contributed by atoms with Gasteiger partial charge in [0.2, 0.25) is 5.91 Å². The van der Waals surface area contributed by atoms with Crippen LogP contribution in [0.1, 0.15) is 5.56 Å². The molecule has 3 N–H and O–H groups in total. The fourth-order valence-electron chi connectivity index (χ4n) is 3.33. The molecule has 164 valence electrons. The van der Waals surface area contributed by atoms with Gasteiger partial charge in [-0.25, -0.2) is 4.79 Å². The second kappa shape index (κ2) is 9.88. The Labute approximate surface area is 174 Å². The highest BCUT2D eigenvalue weighted by atomic mass is 16.5. The fraction of sp³-hybridized carbons (Fsp3) is 0.550. The van der Waals surface area contributed by atoms with E-state index in [4.69, 9.17) is 14.2 Å². The number of carbonyl (C=O) groups excluding carboxylic acids is 2. The molecule has 10 nitrogen and oxygen atoms in total. The first-order valence-electron chi connectivity index (χ1n) is 9.77. The van der Waals surface area contributed by atoms with Gasteiger partial charge in [-0.2, -0.15) is 0 Å². The number of benzene rings is 1. The van der Waals surface area contributed by atoms with Crippen molar-refractivity contribution in [3.63, 3.8) is 0 Å². The minimum Gasteiger partial charge on any atom is -0.497 e. The molecule has 0 aliphatic carbocycles. The normalized spacial score (nSPS) is 19.2. The quantitative estimate of drug-likeness (QED) is 0.465. The second-order valence-electron chi connectivity index (χ2n) is 7.43. The maximum Gasteiger partial charge on any atom is 0.326 e. The summed E-state index contributed by atoms with van der Waals surface area (Å²) in [4.78, 5) is 38.9. The zero-order chi connectivity index (χ0) is 21.6. The molecular formula is C20H27N3O7. The minimum absolute atomic E-state index is 0.00254. The lowest BCUT2D eigenvalue weighted by Gasteiger charge is -2.41. The van der Waals surface area contributed by atoms with Crippen molar-refractivity contribution in [2.75, 3.05) is 53.2 Å². The molecule has 30 heavy (non-hydrogen) atoms. The maximum atomic E-state index is 12.9. The van der Waals surface area contributed by atoms with Gasteiger partial charge in [0.1, 0.15) is 11.8 Å². The first-order valence-corrected chi connectivity index (χ1v) is 9.77. The molecule has 2 fully saturated rings. The van der Waals surface area contributed by atoms with Crippen molar-refractivity contribution in [1.82, 2.24) is 15.5 Å². The smallest absolute Gasteiger partial charge is 0.326 e. The number of aliphatic carboxylic acids is 1.